The normalized spacial score (nSPS) is 16.2. The van der Waals surface area contributed by atoms with Gasteiger partial charge in [0.15, 0.2) is 0 Å². The van der Waals surface area contributed by atoms with Crippen LogP contribution in [0.25, 0.3) is 0 Å². The number of carbonyl (C=O) groups excluding carboxylic acids is 1. The molecule has 1 amide bonds. The van der Waals surface area contributed by atoms with Crippen molar-refractivity contribution < 1.29 is 4.79 Å². The molecule has 0 radical (unpaired) electrons. The third-order valence-corrected chi connectivity index (χ3v) is 5.72. The zero-order chi connectivity index (χ0) is 16.9. The number of likely N-dealkylation sites (tertiary alicyclic amines) is 1. The second kappa shape index (κ2) is 7.95. The van der Waals surface area contributed by atoms with E-state index in [4.69, 9.17) is 0 Å². The Morgan fingerprint density at radius 3 is 2.75 bits per heavy atom. The van der Waals surface area contributed by atoms with Crippen LogP contribution in [-0.2, 0) is 6.54 Å². The fourth-order valence-corrected chi connectivity index (χ4v) is 4.03. The fraction of sp³-hybridized carbons (Fsp3) is 0.450. The number of piperidine rings is 1. The van der Waals surface area contributed by atoms with Crippen LogP contribution < -0.4 is 5.32 Å². The van der Waals surface area contributed by atoms with E-state index >= 15 is 0 Å². The molecule has 1 aliphatic heterocycles. The molecule has 0 atom stereocenters. The van der Waals surface area contributed by atoms with Crippen LogP contribution in [0.5, 0.6) is 0 Å². The first-order chi connectivity index (χ1) is 11.6. The SMILES string of the molecule is Cc1ccc(C)c(C(=O)NCC2CCN(Cc3cccs3)CC2)c1. The molecule has 4 heteroatoms. The van der Waals surface area contributed by atoms with E-state index in [1.54, 1.807) is 0 Å². The minimum atomic E-state index is 0.0669. The molecule has 1 aliphatic rings. The van der Waals surface area contributed by atoms with E-state index in [0.717, 1.165) is 42.9 Å². The van der Waals surface area contributed by atoms with E-state index in [9.17, 15) is 4.79 Å². The van der Waals surface area contributed by atoms with Crippen LogP contribution in [0.4, 0.5) is 0 Å². The van der Waals surface area contributed by atoms with Crippen molar-refractivity contribution in [1.29, 1.82) is 0 Å². The van der Waals surface area contributed by atoms with Gasteiger partial charge in [-0.05, 0) is 68.8 Å². The predicted molar refractivity (Wildman–Crippen MR) is 101 cm³/mol. The Hall–Kier alpha value is -1.65. The number of rotatable bonds is 5. The summed E-state index contributed by atoms with van der Waals surface area (Å²) in [6.07, 6.45) is 2.33. The Balaban J connectivity index is 1.44. The largest absolute Gasteiger partial charge is 0.352 e. The summed E-state index contributed by atoms with van der Waals surface area (Å²) < 4.78 is 0. The minimum Gasteiger partial charge on any atom is -0.352 e. The first-order valence-corrected chi connectivity index (χ1v) is 9.60. The van der Waals surface area contributed by atoms with Crippen molar-refractivity contribution in [1.82, 2.24) is 10.2 Å². The van der Waals surface area contributed by atoms with Crippen LogP contribution in [0, 0.1) is 19.8 Å². The third kappa shape index (κ3) is 4.46. The van der Waals surface area contributed by atoms with Crippen molar-refractivity contribution >= 4 is 17.2 Å². The average molecular weight is 343 g/mol. The maximum atomic E-state index is 12.4. The molecule has 1 aromatic heterocycles. The van der Waals surface area contributed by atoms with E-state index < -0.39 is 0 Å². The summed E-state index contributed by atoms with van der Waals surface area (Å²) in [5.41, 5.74) is 2.99. The van der Waals surface area contributed by atoms with Crippen LogP contribution >= 0.6 is 11.3 Å². The third-order valence-electron chi connectivity index (χ3n) is 4.86. The van der Waals surface area contributed by atoms with Gasteiger partial charge in [0.2, 0.25) is 0 Å². The number of nitrogens with one attached hydrogen (secondary N) is 1. The van der Waals surface area contributed by atoms with Gasteiger partial charge in [0.1, 0.15) is 0 Å². The van der Waals surface area contributed by atoms with Gasteiger partial charge in [-0.3, -0.25) is 9.69 Å². The summed E-state index contributed by atoms with van der Waals surface area (Å²) in [5.74, 6) is 0.663. The number of nitrogens with zero attached hydrogens (tertiary/aromatic N) is 1. The lowest BCUT2D eigenvalue weighted by Gasteiger charge is -2.31. The van der Waals surface area contributed by atoms with Crippen molar-refractivity contribution in [3.8, 4) is 0 Å². The first kappa shape index (κ1) is 17.2. The van der Waals surface area contributed by atoms with Gasteiger partial charge in [-0.2, -0.15) is 0 Å². The van der Waals surface area contributed by atoms with Gasteiger partial charge in [-0.25, -0.2) is 0 Å². The number of aryl methyl sites for hydroxylation is 2. The molecule has 0 bridgehead atoms. The summed E-state index contributed by atoms with van der Waals surface area (Å²) in [6, 6.07) is 10.4. The highest BCUT2D eigenvalue weighted by Gasteiger charge is 2.20. The quantitative estimate of drug-likeness (QED) is 0.890. The zero-order valence-corrected chi connectivity index (χ0v) is 15.4. The van der Waals surface area contributed by atoms with E-state index in [-0.39, 0.29) is 5.91 Å². The Bertz CT molecular complexity index is 673. The second-order valence-electron chi connectivity index (χ2n) is 6.83. The molecular weight excluding hydrogens is 316 g/mol. The smallest absolute Gasteiger partial charge is 0.251 e. The van der Waals surface area contributed by atoms with Gasteiger partial charge in [0, 0.05) is 23.5 Å². The molecule has 0 saturated carbocycles. The number of benzene rings is 1. The van der Waals surface area contributed by atoms with Crippen molar-refractivity contribution in [3.05, 3.63) is 57.3 Å². The summed E-state index contributed by atoms with van der Waals surface area (Å²) in [7, 11) is 0. The molecule has 0 unspecified atom stereocenters. The van der Waals surface area contributed by atoms with Crippen molar-refractivity contribution in [3.63, 3.8) is 0 Å². The molecule has 0 aliphatic carbocycles. The van der Waals surface area contributed by atoms with Gasteiger partial charge in [-0.1, -0.05) is 23.8 Å². The highest BCUT2D eigenvalue weighted by molar-refractivity contribution is 7.09. The van der Waals surface area contributed by atoms with E-state index in [1.807, 2.05) is 37.3 Å². The lowest BCUT2D eigenvalue weighted by molar-refractivity contribution is 0.0934. The average Bonchev–Trinajstić information content (AvgIpc) is 3.09. The highest BCUT2D eigenvalue weighted by Crippen LogP contribution is 2.20. The molecule has 2 heterocycles. The van der Waals surface area contributed by atoms with E-state index in [0.29, 0.717) is 5.92 Å². The lowest BCUT2D eigenvalue weighted by atomic mass is 9.96. The van der Waals surface area contributed by atoms with Crippen molar-refractivity contribution in [2.45, 2.75) is 33.2 Å². The van der Waals surface area contributed by atoms with Gasteiger partial charge in [-0.15, -0.1) is 11.3 Å². The molecule has 1 fully saturated rings. The highest BCUT2D eigenvalue weighted by atomic mass is 32.1. The van der Waals surface area contributed by atoms with Crippen molar-refractivity contribution in [2.24, 2.45) is 5.92 Å². The predicted octanol–water partition coefficient (Wildman–Crippen LogP) is 4.01. The van der Waals surface area contributed by atoms with Gasteiger partial charge in [0.05, 0.1) is 0 Å². The first-order valence-electron chi connectivity index (χ1n) is 8.72. The van der Waals surface area contributed by atoms with Crippen LogP contribution in [0.3, 0.4) is 0 Å². The molecule has 3 rings (SSSR count). The zero-order valence-electron chi connectivity index (χ0n) is 14.5. The maximum absolute atomic E-state index is 12.4. The van der Waals surface area contributed by atoms with Crippen LogP contribution in [0.15, 0.2) is 35.7 Å². The van der Waals surface area contributed by atoms with Crippen molar-refractivity contribution in [2.75, 3.05) is 19.6 Å². The molecule has 1 saturated heterocycles. The topological polar surface area (TPSA) is 32.3 Å². The number of carbonyl (C=O) groups is 1. The monoisotopic (exact) mass is 342 g/mol. The summed E-state index contributed by atoms with van der Waals surface area (Å²) in [6.45, 7) is 8.14. The molecular formula is C20H26N2OS. The Morgan fingerprint density at radius 2 is 2.04 bits per heavy atom. The molecule has 2 aromatic rings. The summed E-state index contributed by atoms with van der Waals surface area (Å²) in [5, 5.41) is 5.29. The minimum absolute atomic E-state index is 0.0669. The van der Waals surface area contributed by atoms with Gasteiger partial charge >= 0.3 is 0 Å². The molecule has 24 heavy (non-hydrogen) atoms. The number of amides is 1. The van der Waals surface area contributed by atoms with Crippen LogP contribution in [-0.4, -0.2) is 30.4 Å². The summed E-state index contributed by atoms with van der Waals surface area (Å²) in [4.78, 5) is 16.4. The van der Waals surface area contributed by atoms with Crippen LogP contribution in [0.1, 0.15) is 39.2 Å². The maximum Gasteiger partial charge on any atom is 0.251 e. The summed E-state index contributed by atoms with van der Waals surface area (Å²) >= 11 is 1.83. The Labute approximate surface area is 148 Å². The van der Waals surface area contributed by atoms with Gasteiger partial charge in [0.25, 0.3) is 5.91 Å². The number of hydrogen-bond acceptors (Lipinski definition) is 3. The molecule has 0 spiro atoms. The fourth-order valence-electron chi connectivity index (χ4n) is 3.28. The molecule has 1 aromatic carbocycles. The Kier molecular flexibility index (Phi) is 5.69. The molecule has 128 valence electrons. The Morgan fingerprint density at radius 1 is 1.25 bits per heavy atom. The van der Waals surface area contributed by atoms with Crippen LogP contribution in [0.2, 0.25) is 0 Å². The number of thiophene rings is 1. The molecule has 1 N–H and O–H groups in total. The molecule has 3 nitrogen and oxygen atoms in total. The number of hydrogen-bond donors (Lipinski definition) is 1. The van der Waals surface area contributed by atoms with Gasteiger partial charge < -0.3 is 5.32 Å². The second-order valence-corrected chi connectivity index (χ2v) is 7.86. The lowest BCUT2D eigenvalue weighted by Crippen LogP contribution is -2.38. The van der Waals surface area contributed by atoms with E-state index in [2.05, 4.69) is 33.8 Å². The van der Waals surface area contributed by atoms with E-state index in [1.165, 1.54) is 17.7 Å². The standard InChI is InChI=1S/C20H26N2OS/c1-15-5-6-16(2)19(12-15)20(23)21-13-17-7-9-22(10-8-17)14-18-4-3-11-24-18/h3-6,11-12,17H,7-10,13-14H2,1-2H3,(H,21,23).